The van der Waals surface area contributed by atoms with Crippen molar-refractivity contribution in [2.45, 2.75) is 58.6 Å². The second-order valence-corrected chi connectivity index (χ2v) is 8.60. The normalized spacial score (nSPS) is 17.4. The van der Waals surface area contributed by atoms with Crippen LogP contribution in [0.4, 0.5) is 4.79 Å². The van der Waals surface area contributed by atoms with E-state index in [0.29, 0.717) is 24.4 Å². The second-order valence-electron chi connectivity index (χ2n) is 8.60. The molecule has 1 aliphatic heterocycles. The predicted octanol–water partition coefficient (Wildman–Crippen LogP) is 3.02. The average molecular weight is 452 g/mol. The van der Waals surface area contributed by atoms with Gasteiger partial charge in [-0.1, -0.05) is 44.2 Å². The fourth-order valence-electron chi connectivity index (χ4n) is 3.82. The van der Waals surface area contributed by atoms with Crippen LogP contribution in [0, 0.1) is 11.8 Å². The molecule has 3 rings (SSSR count). The highest BCUT2D eigenvalue weighted by Crippen LogP contribution is 2.19. The van der Waals surface area contributed by atoms with Crippen molar-refractivity contribution in [3.8, 4) is 0 Å². The lowest BCUT2D eigenvalue weighted by molar-refractivity contribution is -0.140. The number of nitrogens with zero attached hydrogens (tertiary/aromatic N) is 2. The van der Waals surface area contributed by atoms with E-state index in [0.717, 1.165) is 5.56 Å². The molecule has 8 nitrogen and oxygen atoms in total. The van der Waals surface area contributed by atoms with Gasteiger partial charge in [-0.05, 0) is 24.0 Å². The molecule has 2 atom stereocenters. The van der Waals surface area contributed by atoms with Crippen LogP contribution >= 0.6 is 0 Å². The Hall–Kier alpha value is -3.42. The zero-order valence-corrected chi connectivity index (χ0v) is 19.0. The summed E-state index contributed by atoms with van der Waals surface area (Å²) in [5.74, 6) is -1.78. The lowest BCUT2D eigenvalue weighted by Gasteiger charge is -2.23. The molecule has 2 unspecified atom stereocenters. The molecule has 1 amide bonds. The summed E-state index contributed by atoms with van der Waals surface area (Å²) in [6.07, 6.45) is 2.06. The number of ketones is 3. The quantitative estimate of drug-likeness (QED) is 0.643. The van der Waals surface area contributed by atoms with Gasteiger partial charge < -0.3 is 10.1 Å². The van der Waals surface area contributed by atoms with Gasteiger partial charge in [0.25, 0.3) is 0 Å². The molecule has 1 N–H and O–H groups in total. The molecular formula is C25H29N3O5. The van der Waals surface area contributed by atoms with Gasteiger partial charge in [0.2, 0.25) is 5.78 Å². The Morgan fingerprint density at radius 3 is 2.61 bits per heavy atom. The van der Waals surface area contributed by atoms with E-state index in [9.17, 15) is 19.2 Å². The van der Waals surface area contributed by atoms with Gasteiger partial charge >= 0.3 is 6.09 Å². The van der Waals surface area contributed by atoms with Crippen molar-refractivity contribution < 1.29 is 23.9 Å². The highest BCUT2D eigenvalue weighted by molar-refractivity contribution is 6.38. The van der Waals surface area contributed by atoms with Gasteiger partial charge in [-0.15, -0.1) is 0 Å². The van der Waals surface area contributed by atoms with Gasteiger partial charge in [0.15, 0.2) is 11.6 Å². The van der Waals surface area contributed by atoms with Crippen LogP contribution in [-0.2, 0) is 38.6 Å². The molecule has 33 heavy (non-hydrogen) atoms. The third-order valence-electron chi connectivity index (χ3n) is 5.62. The minimum atomic E-state index is -0.840. The van der Waals surface area contributed by atoms with E-state index in [1.54, 1.807) is 26.1 Å². The van der Waals surface area contributed by atoms with Crippen LogP contribution in [0.5, 0.6) is 0 Å². The van der Waals surface area contributed by atoms with Crippen molar-refractivity contribution in [2.75, 3.05) is 0 Å². The largest absolute Gasteiger partial charge is 0.445 e. The van der Waals surface area contributed by atoms with Gasteiger partial charge in [0.1, 0.15) is 12.4 Å². The number of rotatable bonds is 7. The number of aryl methyl sites for hydroxylation is 1. The Morgan fingerprint density at radius 2 is 1.88 bits per heavy atom. The second kappa shape index (κ2) is 11.4. The summed E-state index contributed by atoms with van der Waals surface area (Å²) >= 11 is 0. The van der Waals surface area contributed by atoms with E-state index in [1.807, 2.05) is 30.3 Å². The van der Waals surface area contributed by atoms with Crippen molar-refractivity contribution in [1.29, 1.82) is 0 Å². The van der Waals surface area contributed by atoms with E-state index in [-0.39, 0.29) is 37.6 Å². The highest BCUT2D eigenvalue weighted by Gasteiger charge is 2.33. The molecule has 2 bridgehead atoms. The first-order chi connectivity index (χ1) is 15.8. The summed E-state index contributed by atoms with van der Waals surface area (Å²) in [7, 11) is 0. The number of aromatic nitrogens is 2. The number of carbonyl (C=O) groups excluding carboxylic acids is 4. The summed E-state index contributed by atoms with van der Waals surface area (Å²) in [5, 5.41) is 2.63. The molecule has 2 heterocycles. The number of benzene rings is 1. The summed E-state index contributed by atoms with van der Waals surface area (Å²) in [6.45, 7) is 3.69. The Kier molecular flexibility index (Phi) is 8.40. The maximum atomic E-state index is 13.1. The lowest BCUT2D eigenvalue weighted by Crippen LogP contribution is -2.46. The van der Waals surface area contributed by atoms with Gasteiger partial charge in [0.05, 0.1) is 6.04 Å². The smallest absolute Gasteiger partial charge is 0.408 e. The van der Waals surface area contributed by atoms with Crippen LogP contribution in [0.3, 0.4) is 0 Å². The summed E-state index contributed by atoms with van der Waals surface area (Å²) in [6, 6.07) is 10.1. The molecular weight excluding hydrogens is 422 g/mol. The Bertz CT molecular complexity index is 1010. The number of ether oxygens (including phenoxy) is 1. The van der Waals surface area contributed by atoms with Crippen LogP contribution in [0.15, 0.2) is 42.6 Å². The van der Waals surface area contributed by atoms with E-state index in [1.165, 1.54) is 0 Å². The standard InChI is InChI=1S/C25H29N3O5/c1-16(2)23(28-25(32)33-15-17-7-4-3-5-8-17)21(30)14-18-13-19-11-12-26-22(27-19)10-6-9-20(29)24(18)31/h3-5,7-8,11-12,16,18,23H,6,9-10,13-15H2,1-2H3,(H,28,32). The third-order valence-corrected chi connectivity index (χ3v) is 5.62. The number of hydrogen-bond acceptors (Lipinski definition) is 7. The van der Waals surface area contributed by atoms with Crippen LogP contribution < -0.4 is 5.32 Å². The highest BCUT2D eigenvalue weighted by atomic mass is 16.5. The Labute approximate surface area is 193 Å². The molecule has 8 heteroatoms. The maximum absolute atomic E-state index is 13.1. The van der Waals surface area contributed by atoms with Crippen molar-refractivity contribution in [1.82, 2.24) is 15.3 Å². The molecule has 0 saturated carbocycles. The molecule has 0 saturated heterocycles. The van der Waals surface area contributed by atoms with Gasteiger partial charge in [-0.3, -0.25) is 14.4 Å². The number of alkyl carbamates (subject to hydrolysis) is 1. The van der Waals surface area contributed by atoms with E-state index >= 15 is 0 Å². The van der Waals surface area contributed by atoms with Gasteiger partial charge in [0, 0.05) is 43.5 Å². The van der Waals surface area contributed by atoms with E-state index in [2.05, 4.69) is 15.3 Å². The van der Waals surface area contributed by atoms with Crippen molar-refractivity contribution in [3.05, 3.63) is 59.7 Å². The van der Waals surface area contributed by atoms with Crippen LogP contribution in [0.25, 0.3) is 0 Å². The molecule has 0 radical (unpaired) electrons. The zero-order chi connectivity index (χ0) is 23.8. The van der Waals surface area contributed by atoms with Gasteiger partial charge in [-0.2, -0.15) is 0 Å². The summed E-state index contributed by atoms with van der Waals surface area (Å²) < 4.78 is 5.24. The molecule has 0 spiro atoms. The minimum Gasteiger partial charge on any atom is -0.445 e. The first-order valence-corrected chi connectivity index (χ1v) is 11.2. The number of Topliss-reactive ketones (excluding diaryl/α,β-unsaturated/α-hetero) is 3. The van der Waals surface area contributed by atoms with Crippen molar-refractivity contribution in [3.63, 3.8) is 0 Å². The molecule has 1 aromatic carbocycles. The first-order valence-electron chi connectivity index (χ1n) is 11.2. The third kappa shape index (κ3) is 7.03. The lowest BCUT2D eigenvalue weighted by atomic mass is 9.85. The number of nitrogens with one attached hydrogen (secondary N) is 1. The fraction of sp³-hybridized carbons (Fsp3) is 0.440. The van der Waals surface area contributed by atoms with Gasteiger partial charge in [-0.25, -0.2) is 14.8 Å². The predicted molar refractivity (Wildman–Crippen MR) is 120 cm³/mol. The zero-order valence-electron chi connectivity index (χ0n) is 19.0. The Balaban J connectivity index is 1.68. The minimum absolute atomic E-state index is 0.0807. The number of amides is 1. The Morgan fingerprint density at radius 1 is 1.12 bits per heavy atom. The maximum Gasteiger partial charge on any atom is 0.408 e. The van der Waals surface area contributed by atoms with Crippen molar-refractivity contribution in [2.24, 2.45) is 11.8 Å². The summed E-state index contributed by atoms with van der Waals surface area (Å²) in [5.41, 5.74) is 1.45. The molecule has 0 fully saturated rings. The fourth-order valence-corrected chi connectivity index (χ4v) is 3.82. The van der Waals surface area contributed by atoms with Crippen LogP contribution in [0.1, 0.15) is 50.2 Å². The van der Waals surface area contributed by atoms with E-state index in [4.69, 9.17) is 4.74 Å². The van der Waals surface area contributed by atoms with E-state index < -0.39 is 29.6 Å². The monoisotopic (exact) mass is 451 g/mol. The SMILES string of the molecule is CC(C)C(NC(=O)OCc1ccccc1)C(=O)CC1Cc2ccnc(n2)CCCC(=O)C1=O. The van der Waals surface area contributed by atoms with Crippen LogP contribution in [0.2, 0.25) is 0 Å². The number of fused-ring (bicyclic) bond motifs is 2. The molecule has 0 aliphatic carbocycles. The molecule has 2 aromatic rings. The van der Waals surface area contributed by atoms with Crippen LogP contribution in [-0.4, -0.2) is 39.5 Å². The number of hydrogen-bond donors (Lipinski definition) is 1. The van der Waals surface area contributed by atoms with Crippen molar-refractivity contribution >= 4 is 23.4 Å². The molecule has 1 aromatic heterocycles. The average Bonchev–Trinajstić information content (AvgIpc) is 2.80. The summed E-state index contributed by atoms with van der Waals surface area (Å²) in [4.78, 5) is 59.3. The topological polar surface area (TPSA) is 115 Å². The first kappa shape index (κ1) is 24.2. The molecule has 1 aliphatic rings. The number of carbonyl (C=O) groups is 4. The molecule has 174 valence electrons.